The quantitative estimate of drug-likeness (QED) is 0.882. The summed E-state index contributed by atoms with van der Waals surface area (Å²) in [6.07, 6.45) is 2.75. The van der Waals surface area contributed by atoms with Crippen LogP contribution in [0.4, 0.5) is 0 Å². The highest BCUT2D eigenvalue weighted by Crippen LogP contribution is 2.26. The van der Waals surface area contributed by atoms with Crippen LogP contribution in [0.2, 0.25) is 0 Å². The summed E-state index contributed by atoms with van der Waals surface area (Å²) in [6, 6.07) is 7.85. The summed E-state index contributed by atoms with van der Waals surface area (Å²) in [4.78, 5) is 21.5. The number of hydrogen-bond acceptors (Lipinski definition) is 3. The van der Waals surface area contributed by atoms with Crippen molar-refractivity contribution in [3.05, 3.63) is 30.1 Å². The average molecular weight is 287 g/mol. The summed E-state index contributed by atoms with van der Waals surface area (Å²) in [5.41, 5.74) is 1.28. The van der Waals surface area contributed by atoms with Crippen molar-refractivity contribution in [2.45, 2.75) is 38.2 Å². The van der Waals surface area contributed by atoms with Crippen molar-refractivity contribution in [2.24, 2.45) is 0 Å². The smallest absolute Gasteiger partial charge is 0.223 e. The van der Waals surface area contributed by atoms with Crippen LogP contribution in [-0.4, -0.2) is 44.6 Å². The Balaban J connectivity index is 1.52. The minimum atomic E-state index is -0.649. The molecule has 1 aromatic heterocycles. The second-order valence-corrected chi connectivity index (χ2v) is 5.92. The van der Waals surface area contributed by atoms with Gasteiger partial charge in [-0.05, 0) is 18.6 Å². The zero-order valence-electron chi connectivity index (χ0n) is 12.3. The lowest BCUT2D eigenvalue weighted by molar-refractivity contribution is -0.156. The zero-order chi connectivity index (χ0) is 14.9. The number of benzene rings is 1. The number of carbonyl (C=O) groups is 1. The second-order valence-electron chi connectivity index (χ2n) is 5.92. The molecular weight excluding hydrogens is 266 g/mol. The van der Waals surface area contributed by atoms with Gasteiger partial charge in [0.1, 0.15) is 5.82 Å². The topological polar surface area (TPSA) is 69.2 Å². The molecule has 0 spiro atoms. The van der Waals surface area contributed by atoms with Gasteiger partial charge < -0.3 is 15.0 Å². The fourth-order valence-electron chi connectivity index (χ4n) is 2.97. The number of likely N-dealkylation sites (tertiary alicyclic amines) is 1. The number of carbonyl (C=O) groups excluding carboxylic acids is 1. The second kappa shape index (κ2) is 5.48. The molecule has 2 N–H and O–H groups in total. The number of para-hydroxylation sites is 2. The molecule has 2 aromatic rings. The van der Waals surface area contributed by atoms with Crippen LogP contribution in [0.15, 0.2) is 24.3 Å². The van der Waals surface area contributed by atoms with Crippen molar-refractivity contribution in [3.63, 3.8) is 0 Å². The number of rotatable bonds is 5. The Morgan fingerprint density at radius 2 is 2.19 bits per heavy atom. The number of amides is 1. The van der Waals surface area contributed by atoms with E-state index in [1.807, 2.05) is 31.2 Å². The lowest BCUT2D eigenvalue weighted by Gasteiger charge is -2.46. The lowest BCUT2D eigenvalue weighted by Crippen LogP contribution is -2.63. The van der Waals surface area contributed by atoms with Crippen LogP contribution in [0.5, 0.6) is 0 Å². The maximum atomic E-state index is 12.1. The van der Waals surface area contributed by atoms with E-state index in [9.17, 15) is 9.90 Å². The third-order valence-electron chi connectivity index (χ3n) is 4.05. The molecule has 0 unspecified atom stereocenters. The predicted octanol–water partition coefficient (Wildman–Crippen LogP) is 1.87. The molecular formula is C16H21N3O2. The van der Waals surface area contributed by atoms with E-state index >= 15 is 0 Å². The van der Waals surface area contributed by atoms with Gasteiger partial charge in [-0.15, -0.1) is 0 Å². The number of aromatic nitrogens is 2. The Labute approximate surface area is 124 Å². The van der Waals surface area contributed by atoms with Crippen LogP contribution in [0.3, 0.4) is 0 Å². The molecule has 5 nitrogen and oxygen atoms in total. The van der Waals surface area contributed by atoms with Gasteiger partial charge in [0.05, 0.1) is 29.7 Å². The summed E-state index contributed by atoms with van der Waals surface area (Å²) in [5.74, 6) is 0.935. The summed E-state index contributed by atoms with van der Waals surface area (Å²) in [6.45, 7) is 2.99. The molecule has 3 rings (SSSR count). The van der Waals surface area contributed by atoms with Crippen LogP contribution in [0.25, 0.3) is 11.0 Å². The standard InChI is InChI=1S/C16H21N3O2/c1-2-9-16(21)10-19(11-16)15(20)8-7-14-17-12-5-3-4-6-13(12)18-14/h3-6,21H,2,7-11H2,1H3,(H,17,18). The van der Waals surface area contributed by atoms with E-state index in [0.29, 0.717) is 25.9 Å². The van der Waals surface area contributed by atoms with Crippen LogP contribution in [0.1, 0.15) is 32.0 Å². The highest BCUT2D eigenvalue weighted by atomic mass is 16.3. The van der Waals surface area contributed by atoms with E-state index in [1.54, 1.807) is 4.90 Å². The molecule has 0 atom stereocenters. The molecule has 1 saturated heterocycles. The fourth-order valence-corrected chi connectivity index (χ4v) is 2.97. The molecule has 0 radical (unpaired) electrons. The molecule has 1 aliphatic heterocycles. The summed E-state index contributed by atoms with van der Waals surface area (Å²) in [7, 11) is 0. The van der Waals surface area contributed by atoms with Crippen molar-refractivity contribution in [1.29, 1.82) is 0 Å². The Bertz CT molecular complexity index is 611. The Morgan fingerprint density at radius 1 is 1.43 bits per heavy atom. The number of H-pyrrole nitrogens is 1. The Hall–Kier alpha value is -1.88. The third kappa shape index (κ3) is 2.93. The molecule has 1 aromatic carbocycles. The van der Waals surface area contributed by atoms with Crippen molar-refractivity contribution in [3.8, 4) is 0 Å². The third-order valence-corrected chi connectivity index (χ3v) is 4.05. The van der Waals surface area contributed by atoms with E-state index in [-0.39, 0.29) is 5.91 Å². The minimum absolute atomic E-state index is 0.0937. The molecule has 0 saturated carbocycles. The van der Waals surface area contributed by atoms with Gasteiger partial charge in [0.2, 0.25) is 5.91 Å². The highest BCUT2D eigenvalue weighted by molar-refractivity contribution is 5.78. The number of aryl methyl sites for hydroxylation is 1. The minimum Gasteiger partial charge on any atom is -0.386 e. The van der Waals surface area contributed by atoms with E-state index in [2.05, 4.69) is 9.97 Å². The lowest BCUT2D eigenvalue weighted by atomic mass is 9.89. The van der Waals surface area contributed by atoms with Gasteiger partial charge in [0.25, 0.3) is 0 Å². The van der Waals surface area contributed by atoms with Gasteiger partial charge >= 0.3 is 0 Å². The maximum absolute atomic E-state index is 12.1. The molecule has 1 amide bonds. The summed E-state index contributed by atoms with van der Waals surface area (Å²) in [5, 5.41) is 10.1. The van der Waals surface area contributed by atoms with Crippen molar-refractivity contribution >= 4 is 16.9 Å². The van der Waals surface area contributed by atoms with Crippen molar-refractivity contribution in [1.82, 2.24) is 14.9 Å². The summed E-state index contributed by atoms with van der Waals surface area (Å²) < 4.78 is 0. The number of fused-ring (bicyclic) bond motifs is 1. The number of nitrogens with one attached hydrogen (secondary N) is 1. The van der Waals surface area contributed by atoms with Gasteiger partial charge in [0, 0.05) is 12.8 Å². The van der Waals surface area contributed by atoms with Crippen LogP contribution in [0, 0.1) is 0 Å². The normalized spacial score (nSPS) is 17.0. The summed E-state index contributed by atoms with van der Waals surface area (Å²) >= 11 is 0. The van der Waals surface area contributed by atoms with Crippen LogP contribution in [-0.2, 0) is 11.2 Å². The van der Waals surface area contributed by atoms with E-state index in [4.69, 9.17) is 0 Å². The largest absolute Gasteiger partial charge is 0.386 e. The first-order chi connectivity index (χ1) is 10.1. The van der Waals surface area contributed by atoms with Gasteiger partial charge in [-0.25, -0.2) is 4.98 Å². The van der Waals surface area contributed by atoms with Gasteiger partial charge in [-0.3, -0.25) is 4.79 Å². The van der Waals surface area contributed by atoms with Gasteiger partial charge in [-0.2, -0.15) is 0 Å². The number of hydrogen-bond donors (Lipinski definition) is 2. The fraction of sp³-hybridized carbons (Fsp3) is 0.500. The van der Waals surface area contributed by atoms with Crippen molar-refractivity contribution in [2.75, 3.05) is 13.1 Å². The number of aromatic amines is 1. The SMILES string of the molecule is CCCC1(O)CN(C(=O)CCc2nc3ccccc3[nH]2)C1. The zero-order valence-corrected chi connectivity index (χ0v) is 12.3. The highest BCUT2D eigenvalue weighted by Gasteiger charge is 2.42. The Morgan fingerprint density at radius 3 is 2.90 bits per heavy atom. The molecule has 112 valence electrons. The van der Waals surface area contributed by atoms with Gasteiger partial charge in [-0.1, -0.05) is 25.5 Å². The van der Waals surface area contributed by atoms with E-state index in [0.717, 1.165) is 29.7 Å². The first-order valence-electron chi connectivity index (χ1n) is 7.53. The first kappa shape index (κ1) is 14.1. The number of aliphatic hydroxyl groups is 1. The number of β-amino-alcohol motifs (C(OH)–C–C–N with tert-alkyl or cyclic N) is 1. The monoisotopic (exact) mass is 287 g/mol. The van der Waals surface area contributed by atoms with Gasteiger partial charge in [0.15, 0.2) is 0 Å². The number of imidazole rings is 1. The molecule has 1 fully saturated rings. The number of nitrogens with zero attached hydrogens (tertiary/aromatic N) is 2. The van der Waals surface area contributed by atoms with E-state index < -0.39 is 5.60 Å². The predicted molar refractivity (Wildman–Crippen MR) is 80.9 cm³/mol. The first-order valence-corrected chi connectivity index (χ1v) is 7.53. The molecule has 2 heterocycles. The van der Waals surface area contributed by atoms with Crippen LogP contribution < -0.4 is 0 Å². The Kier molecular flexibility index (Phi) is 3.68. The maximum Gasteiger partial charge on any atom is 0.223 e. The molecule has 21 heavy (non-hydrogen) atoms. The average Bonchev–Trinajstić information content (AvgIpc) is 2.85. The molecule has 5 heteroatoms. The van der Waals surface area contributed by atoms with E-state index in [1.165, 1.54) is 0 Å². The molecule has 0 aliphatic carbocycles. The molecule has 1 aliphatic rings. The molecule has 0 bridgehead atoms. The van der Waals surface area contributed by atoms with Crippen molar-refractivity contribution < 1.29 is 9.90 Å². The van der Waals surface area contributed by atoms with Crippen LogP contribution >= 0.6 is 0 Å².